The molecule has 1 aromatic carbocycles. The van der Waals surface area contributed by atoms with Crippen molar-refractivity contribution in [2.75, 3.05) is 19.8 Å². The van der Waals surface area contributed by atoms with Crippen molar-refractivity contribution < 1.29 is 24.1 Å². The number of carbonyl (C=O) groups excluding carboxylic acids is 1. The number of fused-ring (bicyclic) bond motifs is 1. The van der Waals surface area contributed by atoms with E-state index in [9.17, 15) is 20.0 Å². The van der Waals surface area contributed by atoms with Crippen LogP contribution < -0.4 is 15.0 Å². The van der Waals surface area contributed by atoms with Gasteiger partial charge in [-0.3, -0.25) is 14.2 Å². The lowest BCUT2D eigenvalue weighted by atomic mass is 9.98. The van der Waals surface area contributed by atoms with Crippen LogP contribution in [-0.2, 0) is 11.3 Å². The van der Waals surface area contributed by atoms with E-state index < -0.39 is 23.3 Å². The molecule has 0 amide bonds. The third-order valence-corrected chi connectivity index (χ3v) is 4.72. The van der Waals surface area contributed by atoms with Gasteiger partial charge in [0.1, 0.15) is 18.2 Å². The summed E-state index contributed by atoms with van der Waals surface area (Å²) in [7, 11) is 0. The van der Waals surface area contributed by atoms with Crippen LogP contribution in [0, 0.1) is 18.3 Å². The van der Waals surface area contributed by atoms with Crippen LogP contribution in [0.5, 0.6) is 17.4 Å². The van der Waals surface area contributed by atoms with E-state index in [1.54, 1.807) is 24.3 Å². The Kier molecular flexibility index (Phi) is 6.20. The van der Waals surface area contributed by atoms with E-state index in [4.69, 9.17) is 14.2 Å². The Morgan fingerprint density at radius 1 is 1.38 bits per heavy atom. The second kappa shape index (κ2) is 8.80. The Morgan fingerprint density at radius 3 is 2.79 bits per heavy atom. The monoisotopic (exact) mass is 398 g/mol. The lowest BCUT2D eigenvalue weighted by Gasteiger charge is -2.26. The molecule has 2 aromatic rings. The molecule has 152 valence electrons. The zero-order valence-corrected chi connectivity index (χ0v) is 16.3. The number of nitrogens with zero attached hydrogens (tertiary/aromatic N) is 2. The van der Waals surface area contributed by atoms with Crippen LogP contribution in [-0.4, -0.2) is 41.4 Å². The van der Waals surface area contributed by atoms with E-state index in [1.807, 2.05) is 13.0 Å². The second-order valence-electron chi connectivity index (χ2n) is 6.55. The van der Waals surface area contributed by atoms with Crippen molar-refractivity contribution in [1.29, 1.82) is 5.26 Å². The predicted octanol–water partition coefficient (Wildman–Crippen LogP) is 2.18. The Balaban J connectivity index is 1.97. The average Bonchev–Trinajstić information content (AvgIpc) is 2.73. The van der Waals surface area contributed by atoms with Gasteiger partial charge in [0.15, 0.2) is 17.6 Å². The molecule has 1 unspecified atom stereocenters. The standard InChI is InChI=1S/C21H22N2O6/c1-3-27-10-6-9-23-20(25)14(11-22)13(2)18(21(23)26)19(24)17-12-28-15-7-4-5-8-16(15)29-17/h4-5,7-8,17,26H,3,6,9-10,12H2,1-2H3. The number of para-hydroxylation sites is 2. The molecule has 2 heterocycles. The zero-order valence-electron chi connectivity index (χ0n) is 16.3. The lowest BCUT2D eigenvalue weighted by Crippen LogP contribution is -2.38. The van der Waals surface area contributed by atoms with Crippen LogP contribution in [0.15, 0.2) is 29.1 Å². The van der Waals surface area contributed by atoms with Crippen molar-refractivity contribution in [2.45, 2.75) is 32.9 Å². The fourth-order valence-electron chi connectivity index (χ4n) is 3.23. The molecule has 1 aliphatic rings. The molecule has 0 fully saturated rings. The van der Waals surface area contributed by atoms with Gasteiger partial charge in [-0.15, -0.1) is 0 Å². The molecule has 0 saturated heterocycles. The molecule has 0 bridgehead atoms. The SMILES string of the molecule is CCOCCCn1c(O)c(C(=O)C2COc3ccccc3O2)c(C)c(C#N)c1=O. The van der Waals surface area contributed by atoms with E-state index in [2.05, 4.69) is 0 Å². The van der Waals surface area contributed by atoms with Gasteiger partial charge in [0.2, 0.25) is 11.7 Å². The van der Waals surface area contributed by atoms with Gasteiger partial charge in [-0.25, -0.2) is 0 Å². The molecule has 1 aliphatic heterocycles. The molecule has 8 heteroatoms. The molecule has 1 N–H and O–H groups in total. The minimum atomic E-state index is -1.00. The molecular formula is C21H22N2O6. The molecular weight excluding hydrogens is 376 g/mol. The topological polar surface area (TPSA) is 111 Å². The first-order valence-corrected chi connectivity index (χ1v) is 9.36. The zero-order chi connectivity index (χ0) is 21.0. The van der Waals surface area contributed by atoms with Gasteiger partial charge in [0.25, 0.3) is 5.56 Å². The average molecular weight is 398 g/mol. The molecule has 0 aliphatic carbocycles. The number of rotatable bonds is 7. The van der Waals surface area contributed by atoms with Gasteiger partial charge in [-0.05, 0) is 38.0 Å². The number of aromatic nitrogens is 1. The normalized spacial score (nSPS) is 15.0. The van der Waals surface area contributed by atoms with Gasteiger partial charge in [-0.2, -0.15) is 5.26 Å². The first-order chi connectivity index (χ1) is 14.0. The number of ketones is 1. The Morgan fingerprint density at radius 2 is 2.10 bits per heavy atom. The number of Topliss-reactive ketones (excluding diaryl/α,β-unsaturated/α-hetero) is 1. The number of hydrogen-bond donors (Lipinski definition) is 1. The third kappa shape index (κ3) is 3.96. The minimum Gasteiger partial charge on any atom is -0.494 e. The highest BCUT2D eigenvalue weighted by molar-refractivity contribution is 6.03. The largest absolute Gasteiger partial charge is 0.494 e. The van der Waals surface area contributed by atoms with Crippen molar-refractivity contribution in [1.82, 2.24) is 4.57 Å². The molecule has 1 atom stereocenters. The first kappa shape index (κ1) is 20.4. The maximum Gasteiger partial charge on any atom is 0.271 e. The first-order valence-electron chi connectivity index (χ1n) is 9.36. The fourth-order valence-corrected chi connectivity index (χ4v) is 3.23. The van der Waals surface area contributed by atoms with Gasteiger partial charge in [0, 0.05) is 19.8 Å². The molecule has 8 nitrogen and oxygen atoms in total. The molecule has 1 aromatic heterocycles. The summed E-state index contributed by atoms with van der Waals surface area (Å²) in [5, 5.41) is 20.2. The highest BCUT2D eigenvalue weighted by Crippen LogP contribution is 2.33. The van der Waals surface area contributed by atoms with Crippen LogP contribution in [0.3, 0.4) is 0 Å². The summed E-state index contributed by atoms with van der Waals surface area (Å²) in [4.78, 5) is 25.7. The quantitative estimate of drug-likeness (QED) is 0.562. The summed E-state index contributed by atoms with van der Waals surface area (Å²) in [5.41, 5.74) is -0.796. The van der Waals surface area contributed by atoms with Gasteiger partial charge in [-0.1, -0.05) is 12.1 Å². The fraction of sp³-hybridized carbons (Fsp3) is 0.381. The molecule has 0 saturated carbocycles. The van der Waals surface area contributed by atoms with Gasteiger partial charge >= 0.3 is 0 Å². The number of carbonyl (C=O) groups is 1. The van der Waals surface area contributed by atoms with Crippen LogP contribution in [0.2, 0.25) is 0 Å². The third-order valence-electron chi connectivity index (χ3n) is 4.72. The minimum absolute atomic E-state index is 0.0416. The lowest BCUT2D eigenvalue weighted by molar-refractivity contribution is 0.0581. The van der Waals surface area contributed by atoms with Crippen molar-refractivity contribution in [3.05, 3.63) is 51.3 Å². The maximum atomic E-state index is 13.1. The highest BCUT2D eigenvalue weighted by atomic mass is 16.6. The van der Waals surface area contributed by atoms with Crippen molar-refractivity contribution >= 4 is 5.78 Å². The van der Waals surface area contributed by atoms with Crippen LogP contribution in [0.4, 0.5) is 0 Å². The van der Waals surface area contributed by atoms with E-state index >= 15 is 0 Å². The maximum absolute atomic E-state index is 13.1. The summed E-state index contributed by atoms with van der Waals surface area (Å²) < 4.78 is 17.6. The molecule has 0 radical (unpaired) electrons. The van der Waals surface area contributed by atoms with Crippen molar-refractivity contribution in [3.63, 3.8) is 0 Å². The summed E-state index contributed by atoms with van der Waals surface area (Å²) >= 11 is 0. The van der Waals surface area contributed by atoms with Gasteiger partial charge < -0.3 is 19.3 Å². The molecule has 0 spiro atoms. The van der Waals surface area contributed by atoms with Crippen molar-refractivity contribution in [2.24, 2.45) is 0 Å². The van der Waals surface area contributed by atoms with E-state index in [1.165, 1.54) is 6.92 Å². The van der Waals surface area contributed by atoms with Crippen molar-refractivity contribution in [3.8, 4) is 23.4 Å². The van der Waals surface area contributed by atoms with Crippen LogP contribution in [0.25, 0.3) is 0 Å². The van der Waals surface area contributed by atoms with E-state index in [0.717, 1.165) is 4.57 Å². The predicted molar refractivity (Wildman–Crippen MR) is 104 cm³/mol. The smallest absolute Gasteiger partial charge is 0.271 e. The Labute approximate surface area is 167 Å². The number of hydrogen-bond acceptors (Lipinski definition) is 7. The second-order valence-corrected chi connectivity index (χ2v) is 6.55. The number of aromatic hydroxyl groups is 1. The summed E-state index contributed by atoms with van der Waals surface area (Å²) in [6.07, 6.45) is -0.561. The van der Waals surface area contributed by atoms with Gasteiger partial charge in [0.05, 0.1) is 5.56 Å². The number of nitriles is 1. The Bertz CT molecular complexity index is 1020. The number of ether oxygens (including phenoxy) is 3. The van der Waals surface area contributed by atoms with Crippen LogP contribution >= 0.6 is 0 Å². The Hall–Kier alpha value is -3.31. The summed E-state index contributed by atoms with van der Waals surface area (Å²) in [6.45, 7) is 4.31. The highest BCUT2D eigenvalue weighted by Gasteiger charge is 2.33. The van der Waals surface area contributed by atoms with Crippen LogP contribution in [0.1, 0.15) is 34.8 Å². The van der Waals surface area contributed by atoms with E-state index in [-0.39, 0.29) is 29.8 Å². The van der Waals surface area contributed by atoms with E-state index in [0.29, 0.717) is 31.1 Å². The number of benzene rings is 1. The molecule has 3 rings (SSSR count). The summed E-state index contributed by atoms with van der Waals surface area (Å²) in [5.74, 6) is -0.0871. The number of pyridine rings is 1. The molecule has 29 heavy (non-hydrogen) atoms. The summed E-state index contributed by atoms with van der Waals surface area (Å²) in [6, 6.07) is 8.79.